The first-order valence-electron chi connectivity index (χ1n) is 4.94. The number of carbonyl (C=O) groups excluding carboxylic acids is 1. The summed E-state index contributed by atoms with van der Waals surface area (Å²) in [4.78, 5) is 10.3. The normalized spacial score (nSPS) is 10.8. The van der Waals surface area contributed by atoms with Crippen LogP contribution < -0.4 is 0 Å². The molecule has 0 aliphatic carbocycles. The van der Waals surface area contributed by atoms with Gasteiger partial charge in [0.25, 0.3) is 0 Å². The lowest BCUT2D eigenvalue weighted by Crippen LogP contribution is -1.81. The molecule has 0 aliphatic rings. The molecule has 0 unspecified atom stereocenters. The van der Waals surface area contributed by atoms with E-state index >= 15 is 0 Å². The number of benzene rings is 1. The molecule has 2 rings (SSSR count). The monoisotopic (exact) mass is 213 g/mol. The van der Waals surface area contributed by atoms with Gasteiger partial charge in [-0.25, -0.2) is 0 Å². The van der Waals surface area contributed by atoms with Crippen LogP contribution in [0.25, 0.3) is 17.3 Å². The van der Waals surface area contributed by atoms with Crippen molar-refractivity contribution in [2.75, 3.05) is 0 Å². The van der Waals surface area contributed by atoms with E-state index in [1.54, 1.807) is 6.08 Å². The maximum Gasteiger partial charge on any atom is 0.142 e. The molecule has 1 aromatic carbocycles. The third-order valence-corrected chi connectivity index (χ3v) is 2.28. The summed E-state index contributed by atoms with van der Waals surface area (Å²) in [6.45, 7) is 2.03. The van der Waals surface area contributed by atoms with Gasteiger partial charge in [-0.3, -0.25) is 4.79 Å². The predicted octanol–water partition coefficient (Wildman–Crippen LogP) is 2.86. The van der Waals surface area contributed by atoms with Gasteiger partial charge in [-0.05, 0) is 19.1 Å². The molecule has 0 saturated heterocycles. The maximum atomic E-state index is 10.3. The zero-order valence-corrected chi connectivity index (χ0v) is 8.88. The highest BCUT2D eigenvalue weighted by Gasteiger charge is 2.06. The molecule has 1 aromatic heterocycles. The quantitative estimate of drug-likeness (QED) is 0.581. The molecule has 1 heterocycles. The van der Waals surface area contributed by atoms with Crippen LogP contribution in [0.4, 0.5) is 0 Å². The lowest BCUT2D eigenvalue weighted by atomic mass is 10.1. The summed E-state index contributed by atoms with van der Waals surface area (Å²) in [6.07, 6.45) is 5.35. The van der Waals surface area contributed by atoms with Crippen LogP contribution in [0.15, 0.2) is 41.1 Å². The summed E-state index contributed by atoms with van der Waals surface area (Å²) in [6, 6.07) is 7.98. The van der Waals surface area contributed by atoms with Crippen LogP contribution in [0.3, 0.4) is 0 Å². The van der Waals surface area contributed by atoms with Crippen LogP contribution in [-0.4, -0.2) is 11.4 Å². The summed E-state index contributed by atoms with van der Waals surface area (Å²) in [5.74, 6) is 0. The highest BCUT2D eigenvalue weighted by atomic mass is 16.5. The van der Waals surface area contributed by atoms with Crippen molar-refractivity contribution in [3.8, 4) is 11.3 Å². The highest BCUT2D eigenvalue weighted by Crippen LogP contribution is 2.23. The number of rotatable bonds is 3. The van der Waals surface area contributed by atoms with Crippen LogP contribution in [0, 0.1) is 6.92 Å². The SMILES string of the molecule is Cc1ccc(-c2nocc2/C=C/C=O)cc1. The van der Waals surface area contributed by atoms with E-state index in [1.807, 2.05) is 31.2 Å². The Balaban J connectivity index is 2.40. The molecule has 0 bridgehead atoms. The second-order valence-corrected chi connectivity index (χ2v) is 3.48. The van der Waals surface area contributed by atoms with Crippen molar-refractivity contribution >= 4 is 12.4 Å². The summed E-state index contributed by atoms with van der Waals surface area (Å²) >= 11 is 0. The summed E-state index contributed by atoms with van der Waals surface area (Å²) in [5.41, 5.74) is 3.72. The van der Waals surface area contributed by atoms with Crippen molar-refractivity contribution in [2.24, 2.45) is 0 Å². The molecule has 16 heavy (non-hydrogen) atoms. The van der Waals surface area contributed by atoms with E-state index in [0.717, 1.165) is 23.1 Å². The Bertz CT molecular complexity index is 509. The second-order valence-electron chi connectivity index (χ2n) is 3.48. The van der Waals surface area contributed by atoms with Gasteiger partial charge in [0.1, 0.15) is 18.2 Å². The van der Waals surface area contributed by atoms with Crippen LogP contribution in [0.2, 0.25) is 0 Å². The zero-order valence-electron chi connectivity index (χ0n) is 8.88. The Hall–Kier alpha value is -2.16. The predicted molar refractivity (Wildman–Crippen MR) is 61.8 cm³/mol. The van der Waals surface area contributed by atoms with Gasteiger partial charge in [-0.1, -0.05) is 35.0 Å². The molecule has 0 radical (unpaired) electrons. The standard InChI is InChI=1S/C13H11NO2/c1-10-4-6-11(7-5-10)13-12(3-2-8-15)9-16-14-13/h2-9H,1H3/b3-2+. The molecule has 3 nitrogen and oxygen atoms in total. The number of aromatic nitrogens is 1. The molecule has 0 aliphatic heterocycles. The molecule has 0 N–H and O–H groups in total. The van der Waals surface area contributed by atoms with Crippen molar-refractivity contribution in [2.45, 2.75) is 6.92 Å². The van der Waals surface area contributed by atoms with Gasteiger partial charge in [0, 0.05) is 11.1 Å². The van der Waals surface area contributed by atoms with E-state index in [9.17, 15) is 4.79 Å². The van der Waals surface area contributed by atoms with Crippen LogP contribution in [-0.2, 0) is 4.79 Å². The number of carbonyl (C=O) groups is 1. The summed E-state index contributed by atoms with van der Waals surface area (Å²) in [5, 5.41) is 3.93. The number of hydrogen-bond donors (Lipinski definition) is 0. The van der Waals surface area contributed by atoms with Gasteiger partial charge in [0.2, 0.25) is 0 Å². The third kappa shape index (κ3) is 2.08. The Morgan fingerprint density at radius 3 is 2.69 bits per heavy atom. The van der Waals surface area contributed by atoms with Crippen LogP contribution in [0.1, 0.15) is 11.1 Å². The largest absolute Gasteiger partial charge is 0.363 e. The maximum absolute atomic E-state index is 10.3. The van der Waals surface area contributed by atoms with Crippen molar-refractivity contribution in [1.29, 1.82) is 0 Å². The van der Waals surface area contributed by atoms with E-state index in [-0.39, 0.29) is 0 Å². The molecule has 0 atom stereocenters. The highest BCUT2D eigenvalue weighted by molar-refractivity contribution is 5.78. The Kier molecular flexibility index (Phi) is 2.96. The molecule has 0 amide bonds. The molecular weight excluding hydrogens is 202 g/mol. The van der Waals surface area contributed by atoms with Gasteiger partial charge in [-0.2, -0.15) is 0 Å². The first-order valence-corrected chi connectivity index (χ1v) is 4.94. The number of aryl methyl sites for hydroxylation is 1. The van der Waals surface area contributed by atoms with Crippen LogP contribution >= 0.6 is 0 Å². The molecule has 0 spiro atoms. The minimum Gasteiger partial charge on any atom is -0.363 e. The lowest BCUT2D eigenvalue weighted by molar-refractivity contribution is -0.104. The molecule has 0 fully saturated rings. The number of nitrogens with zero attached hydrogens (tertiary/aromatic N) is 1. The lowest BCUT2D eigenvalue weighted by Gasteiger charge is -1.98. The van der Waals surface area contributed by atoms with Gasteiger partial charge in [0.05, 0.1) is 0 Å². The number of allylic oxidation sites excluding steroid dienone is 1. The molecule has 0 saturated carbocycles. The fraction of sp³-hybridized carbons (Fsp3) is 0.0769. The molecule has 2 aromatic rings. The van der Waals surface area contributed by atoms with Gasteiger partial charge >= 0.3 is 0 Å². The average molecular weight is 213 g/mol. The average Bonchev–Trinajstić information content (AvgIpc) is 2.75. The van der Waals surface area contributed by atoms with Crippen molar-refractivity contribution in [3.63, 3.8) is 0 Å². The molecule has 3 heteroatoms. The van der Waals surface area contributed by atoms with Gasteiger partial charge in [0.15, 0.2) is 0 Å². The fourth-order valence-electron chi connectivity index (χ4n) is 1.44. The number of hydrogen-bond acceptors (Lipinski definition) is 3. The molecule has 80 valence electrons. The van der Waals surface area contributed by atoms with Gasteiger partial charge < -0.3 is 4.52 Å². The van der Waals surface area contributed by atoms with Crippen molar-refractivity contribution < 1.29 is 9.32 Å². The van der Waals surface area contributed by atoms with E-state index < -0.39 is 0 Å². The summed E-state index contributed by atoms with van der Waals surface area (Å²) in [7, 11) is 0. The topological polar surface area (TPSA) is 43.1 Å². The zero-order chi connectivity index (χ0) is 11.4. The number of aldehydes is 1. The summed E-state index contributed by atoms with van der Waals surface area (Å²) < 4.78 is 4.91. The smallest absolute Gasteiger partial charge is 0.142 e. The van der Waals surface area contributed by atoms with Crippen molar-refractivity contribution in [3.05, 3.63) is 47.7 Å². The minimum atomic E-state index is 0.728. The second kappa shape index (κ2) is 4.57. The van der Waals surface area contributed by atoms with Crippen molar-refractivity contribution in [1.82, 2.24) is 5.16 Å². The van der Waals surface area contributed by atoms with E-state index in [2.05, 4.69) is 5.16 Å². The van der Waals surface area contributed by atoms with Gasteiger partial charge in [-0.15, -0.1) is 0 Å². The minimum absolute atomic E-state index is 0.728. The third-order valence-electron chi connectivity index (χ3n) is 2.28. The Morgan fingerprint density at radius 2 is 2.00 bits per heavy atom. The Labute approximate surface area is 93.4 Å². The first-order chi connectivity index (χ1) is 7.81. The first kappa shape index (κ1) is 10.4. The molecular formula is C13H11NO2. The van der Waals surface area contributed by atoms with E-state index in [4.69, 9.17) is 4.52 Å². The fourth-order valence-corrected chi connectivity index (χ4v) is 1.44. The Morgan fingerprint density at radius 1 is 1.25 bits per heavy atom. The van der Waals surface area contributed by atoms with E-state index in [1.165, 1.54) is 17.9 Å². The van der Waals surface area contributed by atoms with E-state index in [0.29, 0.717) is 0 Å². The van der Waals surface area contributed by atoms with Crippen LogP contribution in [0.5, 0.6) is 0 Å².